The third-order valence-corrected chi connectivity index (χ3v) is 2.57. The van der Waals surface area contributed by atoms with Gasteiger partial charge in [0.15, 0.2) is 5.78 Å². The van der Waals surface area contributed by atoms with Crippen molar-refractivity contribution in [2.45, 2.75) is 19.0 Å². The van der Waals surface area contributed by atoms with Crippen LogP contribution in [0, 0.1) is 0 Å². The Morgan fingerprint density at radius 1 is 1.45 bits per heavy atom. The molecule has 0 aromatic rings. The lowest BCUT2D eigenvalue weighted by Crippen LogP contribution is -2.31. The Morgan fingerprint density at radius 3 is 2.70 bits per heavy atom. The second kappa shape index (κ2) is 6.88. The normalized spacial score (nSPS) is 17.6. The monoisotopic (exact) mass is 284 g/mol. The number of alkyl halides is 3. The minimum absolute atomic E-state index is 0.112. The molecule has 1 aliphatic carbocycles. The molecule has 1 aliphatic rings. The number of carbonyl (C=O) groups is 1. The van der Waals surface area contributed by atoms with Crippen LogP contribution in [0.15, 0.2) is 52.8 Å². The number of nitrogens with one attached hydrogen (secondary N) is 1. The van der Waals surface area contributed by atoms with Crippen molar-refractivity contribution >= 4 is 12.5 Å². The number of rotatable bonds is 6. The first-order valence-electron chi connectivity index (χ1n) is 5.93. The van der Waals surface area contributed by atoms with E-state index in [0.717, 1.165) is 0 Å². The molecule has 0 radical (unpaired) electrons. The molecule has 0 bridgehead atoms. The van der Waals surface area contributed by atoms with E-state index in [1.54, 1.807) is 6.08 Å². The van der Waals surface area contributed by atoms with Crippen molar-refractivity contribution in [2.24, 2.45) is 4.99 Å². The fourth-order valence-electron chi connectivity index (χ4n) is 1.69. The maximum absolute atomic E-state index is 12.3. The molecule has 3 nitrogen and oxygen atoms in total. The van der Waals surface area contributed by atoms with E-state index < -0.39 is 12.7 Å². The molecule has 20 heavy (non-hydrogen) atoms. The van der Waals surface area contributed by atoms with Crippen LogP contribution in [0.2, 0.25) is 0 Å². The summed E-state index contributed by atoms with van der Waals surface area (Å²) >= 11 is 0. The van der Waals surface area contributed by atoms with Gasteiger partial charge in [-0.3, -0.25) is 9.79 Å². The van der Waals surface area contributed by atoms with E-state index in [2.05, 4.69) is 23.6 Å². The van der Waals surface area contributed by atoms with Crippen LogP contribution >= 0.6 is 0 Å². The fourth-order valence-corrected chi connectivity index (χ4v) is 1.69. The number of allylic oxidation sites excluding steroid dienone is 6. The molecule has 1 N–H and O–H groups in total. The van der Waals surface area contributed by atoms with Crippen LogP contribution in [0.3, 0.4) is 0 Å². The maximum atomic E-state index is 12.3. The molecule has 0 aromatic heterocycles. The van der Waals surface area contributed by atoms with E-state index in [-0.39, 0.29) is 17.1 Å². The molecule has 1 rings (SSSR count). The molecule has 0 heterocycles. The number of nitrogens with zero attached hydrogens (tertiary/aromatic N) is 1. The van der Waals surface area contributed by atoms with E-state index in [4.69, 9.17) is 0 Å². The van der Waals surface area contributed by atoms with Crippen molar-refractivity contribution in [3.8, 4) is 0 Å². The predicted molar refractivity (Wildman–Crippen MR) is 72.3 cm³/mol. The third-order valence-electron chi connectivity index (χ3n) is 2.57. The summed E-state index contributed by atoms with van der Waals surface area (Å²) in [6.07, 6.45) is 2.34. The number of hydrogen-bond acceptors (Lipinski definition) is 3. The highest BCUT2D eigenvalue weighted by molar-refractivity contribution is 6.09. The number of ketones is 1. The van der Waals surface area contributed by atoms with E-state index in [0.29, 0.717) is 18.5 Å². The van der Waals surface area contributed by atoms with Crippen molar-refractivity contribution in [2.75, 3.05) is 6.54 Å². The van der Waals surface area contributed by atoms with E-state index >= 15 is 0 Å². The summed E-state index contributed by atoms with van der Waals surface area (Å²) in [6.45, 7) is 5.71. The Morgan fingerprint density at radius 2 is 2.15 bits per heavy atom. The van der Waals surface area contributed by atoms with Crippen LogP contribution < -0.4 is 5.32 Å². The smallest absolute Gasteiger partial charge is 0.376 e. The zero-order chi connectivity index (χ0) is 15.2. The average Bonchev–Trinajstić information content (AvgIpc) is 2.38. The second-order valence-electron chi connectivity index (χ2n) is 4.08. The lowest BCUT2D eigenvalue weighted by Gasteiger charge is -2.18. The fraction of sp³-hybridized carbons (Fsp3) is 0.286. The summed E-state index contributed by atoms with van der Waals surface area (Å²) in [5.41, 5.74) is 0.607. The SMILES string of the molecule is C=CCC/C(N=C)=C1\C(=O)C=CC=C1NCC(F)(F)F. The Bertz CT molecular complexity index is 499. The minimum atomic E-state index is -4.36. The lowest BCUT2D eigenvalue weighted by atomic mass is 9.98. The van der Waals surface area contributed by atoms with Crippen LogP contribution in [-0.2, 0) is 4.79 Å². The largest absolute Gasteiger partial charge is 0.405 e. The van der Waals surface area contributed by atoms with Gasteiger partial charge in [-0.2, -0.15) is 13.2 Å². The molecule has 0 saturated heterocycles. The van der Waals surface area contributed by atoms with Crippen LogP contribution in [0.4, 0.5) is 13.2 Å². The first kappa shape index (κ1) is 15.9. The van der Waals surface area contributed by atoms with Gasteiger partial charge in [-0.1, -0.05) is 12.2 Å². The van der Waals surface area contributed by atoms with Crippen LogP contribution in [0.5, 0.6) is 0 Å². The Hall–Kier alpha value is -2.11. The summed E-state index contributed by atoms with van der Waals surface area (Å²) in [6, 6.07) is 0. The molecule has 0 amide bonds. The standard InChI is InChI=1S/C14H15F3N2O/c1-3-4-6-10(18-2)13-11(7-5-8-12(13)20)19-9-14(15,16)17/h3,5,7-8,19H,1-2,4,6,9H2/b13-10+. The Balaban J connectivity index is 3.04. The van der Waals surface area contributed by atoms with Gasteiger partial charge >= 0.3 is 6.18 Å². The molecule has 0 atom stereocenters. The van der Waals surface area contributed by atoms with Crippen molar-refractivity contribution < 1.29 is 18.0 Å². The maximum Gasteiger partial charge on any atom is 0.405 e. The van der Waals surface area contributed by atoms with Crippen molar-refractivity contribution in [1.29, 1.82) is 0 Å². The molecule has 108 valence electrons. The Labute approximate surface area is 115 Å². The van der Waals surface area contributed by atoms with Gasteiger partial charge < -0.3 is 5.32 Å². The lowest BCUT2D eigenvalue weighted by molar-refractivity contribution is -0.123. The van der Waals surface area contributed by atoms with Gasteiger partial charge in [0.2, 0.25) is 0 Å². The van der Waals surface area contributed by atoms with Gasteiger partial charge in [0.05, 0.1) is 11.3 Å². The summed E-state index contributed by atoms with van der Waals surface area (Å²) < 4.78 is 36.8. The summed E-state index contributed by atoms with van der Waals surface area (Å²) in [4.78, 5) is 15.6. The van der Waals surface area contributed by atoms with Gasteiger partial charge in [0.25, 0.3) is 0 Å². The van der Waals surface area contributed by atoms with E-state index in [1.165, 1.54) is 18.2 Å². The zero-order valence-electron chi connectivity index (χ0n) is 10.8. The van der Waals surface area contributed by atoms with Crippen LogP contribution in [-0.4, -0.2) is 25.2 Å². The number of hydrogen-bond donors (Lipinski definition) is 1. The highest BCUT2D eigenvalue weighted by atomic mass is 19.4. The van der Waals surface area contributed by atoms with E-state index in [1.807, 2.05) is 0 Å². The molecule has 0 unspecified atom stereocenters. The Kier molecular flexibility index (Phi) is 5.49. The quantitative estimate of drug-likeness (QED) is 0.462. The van der Waals surface area contributed by atoms with Crippen molar-refractivity contribution in [3.63, 3.8) is 0 Å². The topological polar surface area (TPSA) is 41.5 Å². The molecule has 0 spiro atoms. The molecule has 0 aliphatic heterocycles. The second-order valence-corrected chi connectivity index (χ2v) is 4.08. The number of carbonyl (C=O) groups excluding carboxylic acids is 1. The third kappa shape index (κ3) is 4.53. The summed E-state index contributed by atoms with van der Waals surface area (Å²) in [5.74, 6) is -0.386. The zero-order valence-corrected chi connectivity index (χ0v) is 10.8. The molecular weight excluding hydrogens is 269 g/mol. The van der Waals surface area contributed by atoms with Gasteiger partial charge in [0.1, 0.15) is 6.54 Å². The van der Waals surface area contributed by atoms with Crippen molar-refractivity contribution in [1.82, 2.24) is 5.32 Å². The average molecular weight is 284 g/mol. The van der Waals surface area contributed by atoms with E-state index in [9.17, 15) is 18.0 Å². The summed E-state index contributed by atoms with van der Waals surface area (Å²) in [5, 5.41) is 2.23. The molecule has 0 fully saturated rings. The van der Waals surface area contributed by atoms with Gasteiger partial charge in [-0.25, -0.2) is 0 Å². The highest BCUT2D eigenvalue weighted by Gasteiger charge is 2.29. The number of halogens is 3. The molecule has 6 heteroatoms. The van der Waals surface area contributed by atoms with Crippen molar-refractivity contribution in [3.05, 3.63) is 47.9 Å². The minimum Gasteiger partial charge on any atom is -0.376 e. The van der Waals surface area contributed by atoms with Gasteiger partial charge in [0, 0.05) is 5.70 Å². The first-order chi connectivity index (χ1) is 9.39. The van der Waals surface area contributed by atoms with Gasteiger partial charge in [-0.15, -0.1) is 6.58 Å². The molecule has 0 saturated carbocycles. The first-order valence-corrected chi connectivity index (χ1v) is 5.93. The predicted octanol–water partition coefficient (Wildman–Crippen LogP) is 3.08. The molecular formula is C14H15F3N2O. The van der Waals surface area contributed by atoms with Crippen LogP contribution in [0.1, 0.15) is 12.8 Å². The summed E-state index contributed by atoms with van der Waals surface area (Å²) in [7, 11) is 0. The van der Waals surface area contributed by atoms with Crippen LogP contribution in [0.25, 0.3) is 0 Å². The molecule has 0 aromatic carbocycles. The highest BCUT2D eigenvalue weighted by Crippen LogP contribution is 2.24. The number of aliphatic imine (C=N–C) groups is 1. The van der Waals surface area contributed by atoms with Gasteiger partial charge in [-0.05, 0) is 31.7 Å².